The van der Waals surface area contributed by atoms with Crippen LogP contribution in [0.3, 0.4) is 0 Å². The zero-order valence-electron chi connectivity index (χ0n) is 10.2. The van der Waals surface area contributed by atoms with Crippen molar-refractivity contribution in [1.29, 1.82) is 0 Å². The molecule has 2 N–H and O–H groups in total. The minimum absolute atomic E-state index is 0.00630. The summed E-state index contributed by atoms with van der Waals surface area (Å²) in [6.07, 6.45) is -3.59. The predicted octanol–water partition coefficient (Wildman–Crippen LogP) is 2.44. The molecule has 0 radical (unpaired) electrons. The van der Waals surface area contributed by atoms with E-state index in [0.717, 1.165) is 0 Å². The van der Waals surface area contributed by atoms with E-state index in [2.05, 4.69) is 14.8 Å². The summed E-state index contributed by atoms with van der Waals surface area (Å²) in [5.74, 6) is 0.0266. The molecule has 1 aromatic carbocycles. The van der Waals surface area contributed by atoms with Crippen LogP contribution in [-0.4, -0.2) is 24.6 Å². The van der Waals surface area contributed by atoms with E-state index in [-0.39, 0.29) is 23.5 Å². The SMILES string of the molecule is CC(C)(CO)CNc1ccc2c(c1)OC(F)(F)O2. The molecule has 0 spiro atoms. The molecule has 1 aliphatic rings. The van der Waals surface area contributed by atoms with Crippen LogP contribution in [0.1, 0.15) is 13.8 Å². The molecule has 1 heterocycles. The number of benzene rings is 1. The smallest absolute Gasteiger partial charge is 0.396 e. The Hall–Kier alpha value is -1.56. The fourth-order valence-electron chi connectivity index (χ4n) is 1.46. The molecule has 0 atom stereocenters. The number of aliphatic hydroxyl groups is 1. The van der Waals surface area contributed by atoms with Gasteiger partial charge in [-0.15, -0.1) is 8.78 Å². The van der Waals surface area contributed by atoms with Crippen molar-refractivity contribution in [2.24, 2.45) is 5.41 Å². The molecule has 2 rings (SSSR count). The quantitative estimate of drug-likeness (QED) is 0.872. The van der Waals surface area contributed by atoms with E-state index in [1.54, 1.807) is 6.07 Å². The van der Waals surface area contributed by atoms with Crippen LogP contribution in [0.25, 0.3) is 0 Å². The third-order valence-electron chi connectivity index (χ3n) is 2.60. The van der Waals surface area contributed by atoms with Gasteiger partial charge in [0.1, 0.15) is 0 Å². The molecule has 0 amide bonds. The zero-order chi connectivity index (χ0) is 13.4. The minimum Gasteiger partial charge on any atom is -0.396 e. The molecule has 0 bridgehead atoms. The van der Waals surface area contributed by atoms with E-state index >= 15 is 0 Å². The summed E-state index contributed by atoms with van der Waals surface area (Å²) in [6, 6.07) is 4.49. The van der Waals surface area contributed by atoms with Crippen molar-refractivity contribution in [2.75, 3.05) is 18.5 Å². The Labute approximate surface area is 104 Å². The highest BCUT2D eigenvalue weighted by Gasteiger charge is 2.43. The number of ether oxygens (including phenoxy) is 2. The molecule has 1 aromatic rings. The zero-order valence-corrected chi connectivity index (χ0v) is 10.2. The molecular formula is C12H15F2NO3. The van der Waals surface area contributed by atoms with Crippen LogP contribution in [0.15, 0.2) is 18.2 Å². The maximum Gasteiger partial charge on any atom is 0.586 e. The van der Waals surface area contributed by atoms with Gasteiger partial charge < -0.3 is 19.9 Å². The summed E-state index contributed by atoms with van der Waals surface area (Å²) in [4.78, 5) is 0. The maximum atomic E-state index is 12.8. The maximum absolute atomic E-state index is 12.8. The van der Waals surface area contributed by atoms with Crippen molar-refractivity contribution >= 4 is 5.69 Å². The van der Waals surface area contributed by atoms with Gasteiger partial charge in [-0.25, -0.2) is 0 Å². The lowest BCUT2D eigenvalue weighted by atomic mass is 9.95. The second kappa shape index (κ2) is 4.28. The van der Waals surface area contributed by atoms with Gasteiger partial charge in [0.05, 0.1) is 0 Å². The van der Waals surface area contributed by atoms with Gasteiger partial charge in [-0.3, -0.25) is 0 Å². The number of nitrogens with one attached hydrogen (secondary N) is 1. The predicted molar refractivity (Wildman–Crippen MR) is 62.0 cm³/mol. The highest BCUT2D eigenvalue weighted by molar-refractivity contribution is 5.56. The van der Waals surface area contributed by atoms with E-state index in [0.29, 0.717) is 12.2 Å². The summed E-state index contributed by atoms with van der Waals surface area (Å²) in [5.41, 5.74) is 0.344. The third-order valence-corrected chi connectivity index (χ3v) is 2.60. The summed E-state index contributed by atoms with van der Waals surface area (Å²) in [5, 5.41) is 12.2. The highest BCUT2D eigenvalue weighted by atomic mass is 19.3. The number of hydrogen-bond acceptors (Lipinski definition) is 4. The van der Waals surface area contributed by atoms with E-state index in [1.165, 1.54) is 12.1 Å². The van der Waals surface area contributed by atoms with Gasteiger partial charge >= 0.3 is 6.29 Å². The minimum atomic E-state index is -3.59. The Balaban J connectivity index is 2.05. The van der Waals surface area contributed by atoms with Gasteiger partial charge in [0.15, 0.2) is 11.5 Å². The van der Waals surface area contributed by atoms with E-state index in [1.807, 2.05) is 13.8 Å². The van der Waals surface area contributed by atoms with Crippen molar-refractivity contribution < 1.29 is 23.4 Å². The first kappa shape index (κ1) is 12.9. The lowest BCUT2D eigenvalue weighted by molar-refractivity contribution is -0.286. The second-order valence-corrected chi connectivity index (χ2v) is 5.00. The van der Waals surface area contributed by atoms with Gasteiger partial charge in [0.25, 0.3) is 0 Å². The van der Waals surface area contributed by atoms with Crippen LogP contribution >= 0.6 is 0 Å². The number of fused-ring (bicyclic) bond motifs is 1. The molecule has 0 fully saturated rings. The molecule has 6 heteroatoms. The molecule has 1 aliphatic heterocycles. The first-order chi connectivity index (χ1) is 8.31. The number of alkyl halides is 2. The van der Waals surface area contributed by atoms with Crippen molar-refractivity contribution in [3.05, 3.63) is 18.2 Å². The summed E-state index contributed by atoms with van der Waals surface area (Å²) < 4.78 is 34.2. The van der Waals surface area contributed by atoms with Crippen LogP contribution in [0.4, 0.5) is 14.5 Å². The van der Waals surface area contributed by atoms with Gasteiger partial charge in [-0.2, -0.15) is 0 Å². The van der Waals surface area contributed by atoms with Crippen molar-refractivity contribution in [3.8, 4) is 11.5 Å². The van der Waals surface area contributed by atoms with Gasteiger partial charge in [0, 0.05) is 30.3 Å². The Morgan fingerprint density at radius 3 is 2.61 bits per heavy atom. The fraction of sp³-hybridized carbons (Fsp3) is 0.500. The van der Waals surface area contributed by atoms with Crippen molar-refractivity contribution in [1.82, 2.24) is 0 Å². The first-order valence-electron chi connectivity index (χ1n) is 5.56. The Morgan fingerprint density at radius 2 is 1.94 bits per heavy atom. The molecule has 0 aliphatic carbocycles. The standard InChI is InChI=1S/C12H15F2NO3/c1-11(2,7-16)6-15-8-3-4-9-10(5-8)18-12(13,14)17-9/h3-5,15-16H,6-7H2,1-2H3. The number of aliphatic hydroxyl groups excluding tert-OH is 1. The normalized spacial score (nSPS) is 16.7. The third kappa shape index (κ3) is 2.81. The van der Waals surface area contributed by atoms with Gasteiger partial charge in [0.2, 0.25) is 0 Å². The van der Waals surface area contributed by atoms with Crippen molar-refractivity contribution in [2.45, 2.75) is 20.1 Å². The lowest BCUT2D eigenvalue weighted by Crippen LogP contribution is -2.26. The first-order valence-corrected chi connectivity index (χ1v) is 5.56. The van der Waals surface area contributed by atoms with Crippen LogP contribution in [0.2, 0.25) is 0 Å². The van der Waals surface area contributed by atoms with Crippen LogP contribution in [0.5, 0.6) is 11.5 Å². The summed E-state index contributed by atoms with van der Waals surface area (Å²) in [6.45, 7) is 4.32. The second-order valence-electron chi connectivity index (χ2n) is 5.00. The molecule has 0 saturated heterocycles. The Kier molecular flexibility index (Phi) is 3.06. The number of anilines is 1. The molecule has 0 aromatic heterocycles. The van der Waals surface area contributed by atoms with E-state index in [4.69, 9.17) is 5.11 Å². The van der Waals surface area contributed by atoms with E-state index in [9.17, 15) is 8.78 Å². The Morgan fingerprint density at radius 1 is 1.28 bits per heavy atom. The monoisotopic (exact) mass is 259 g/mol. The average Bonchev–Trinajstić information content (AvgIpc) is 2.59. The van der Waals surface area contributed by atoms with Gasteiger partial charge in [-0.1, -0.05) is 13.8 Å². The highest BCUT2D eigenvalue weighted by Crippen LogP contribution is 2.42. The number of rotatable bonds is 4. The van der Waals surface area contributed by atoms with Crippen molar-refractivity contribution in [3.63, 3.8) is 0 Å². The van der Waals surface area contributed by atoms with Crippen LogP contribution in [-0.2, 0) is 0 Å². The largest absolute Gasteiger partial charge is 0.586 e. The van der Waals surface area contributed by atoms with Gasteiger partial charge in [-0.05, 0) is 12.1 Å². The molecule has 100 valence electrons. The number of halogens is 2. The average molecular weight is 259 g/mol. The topological polar surface area (TPSA) is 50.7 Å². The molecular weight excluding hydrogens is 244 g/mol. The number of hydrogen-bond donors (Lipinski definition) is 2. The Bertz CT molecular complexity index is 449. The molecule has 0 unspecified atom stereocenters. The van der Waals surface area contributed by atoms with E-state index < -0.39 is 6.29 Å². The summed E-state index contributed by atoms with van der Waals surface area (Å²) in [7, 11) is 0. The molecule has 18 heavy (non-hydrogen) atoms. The fourth-order valence-corrected chi connectivity index (χ4v) is 1.46. The van der Waals surface area contributed by atoms with Crippen LogP contribution in [0, 0.1) is 5.41 Å². The molecule has 0 saturated carbocycles. The molecule has 4 nitrogen and oxygen atoms in total. The summed E-state index contributed by atoms with van der Waals surface area (Å²) >= 11 is 0. The lowest BCUT2D eigenvalue weighted by Gasteiger charge is -2.22. The van der Waals surface area contributed by atoms with Crippen LogP contribution < -0.4 is 14.8 Å².